The lowest BCUT2D eigenvalue weighted by atomic mass is 9.77. The van der Waals surface area contributed by atoms with E-state index in [-0.39, 0.29) is 24.4 Å². The number of carbonyl (C=O) groups is 1. The van der Waals surface area contributed by atoms with Crippen LogP contribution < -0.4 is 11.1 Å². The molecule has 2 fully saturated rings. The fourth-order valence-corrected chi connectivity index (χ4v) is 4.13. The predicted octanol–water partition coefficient (Wildman–Crippen LogP) is 3.65. The zero-order chi connectivity index (χ0) is 14.5. The number of hydrogen-bond donors (Lipinski definition) is 2. The van der Waals surface area contributed by atoms with Crippen molar-refractivity contribution >= 4 is 18.3 Å². The summed E-state index contributed by atoms with van der Waals surface area (Å²) in [6.07, 6.45) is 10.4. The molecule has 0 aromatic rings. The van der Waals surface area contributed by atoms with E-state index in [2.05, 4.69) is 19.2 Å². The molecule has 2 rings (SSSR count). The highest BCUT2D eigenvalue weighted by Crippen LogP contribution is 2.31. The van der Waals surface area contributed by atoms with Crippen LogP contribution in [0.25, 0.3) is 0 Å². The van der Waals surface area contributed by atoms with Gasteiger partial charge in [-0.1, -0.05) is 39.5 Å². The maximum Gasteiger partial charge on any atom is 0.220 e. The highest BCUT2D eigenvalue weighted by molar-refractivity contribution is 5.85. The van der Waals surface area contributed by atoms with Crippen LogP contribution in [0.4, 0.5) is 0 Å². The van der Waals surface area contributed by atoms with E-state index in [0.717, 1.165) is 19.3 Å². The van der Waals surface area contributed by atoms with Crippen LogP contribution in [0.2, 0.25) is 0 Å². The Hall–Kier alpha value is -0.280. The number of halogens is 1. The molecule has 2 saturated carbocycles. The molecule has 21 heavy (non-hydrogen) atoms. The van der Waals surface area contributed by atoms with Crippen molar-refractivity contribution in [1.82, 2.24) is 5.32 Å². The molecule has 3 nitrogen and oxygen atoms in total. The number of carbonyl (C=O) groups excluding carboxylic acids is 1. The summed E-state index contributed by atoms with van der Waals surface area (Å²) in [6.45, 7) is 4.57. The Morgan fingerprint density at radius 1 is 1.10 bits per heavy atom. The highest BCUT2D eigenvalue weighted by Gasteiger charge is 2.30. The van der Waals surface area contributed by atoms with E-state index >= 15 is 0 Å². The quantitative estimate of drug-likeness (QED) is 0.832. The Balaban J connectivity index is 0.00000220. The summed E-state index contributed by atoms with van der Waals surface area (Å²) in [5, 5.41) is 3.32. The molecule has 4 heteroatoms. The van der Waals surface area contributed by atoms with Crippen LogP contribution in [0.15, 0.2) is 0 Å². The second kappa shape index (κ2) is 8.99. The molecule has 2 aliphatic rings. The third-order valence-electron chi connectivity index (χ3n) is 5.44. The van der Waals surface area contributed by atoms with Crippen molar-refractivity contribution in [2.45, 2.75) is 83.7 Å². The molecule has 0 radical (unpaired) electrons. The van der Waals surface area contributed by atoms with Gasteiger partial charge >= 0.3 is 0 Å². The molecule has 0 aliphatic heterocycles. The first-order valence-electron chi connectivity index (χ1n) is 8.63. The van der Waals surface area contributed by atoms with Crippen molar-refractivity contribution < 1.29 is 4.79 Å². The van der Waals surface area contributed by atoms with Gasteiger partial charge < -0.3 is 11.1 Å². The van der Waals surface area contributed by atoms with Gasteiger partial charge in [0.15, 0.2) is 0 Å². The summed E-state index contributed by atoms with van der Waals surface area (Å²) in [7, 11) is 0. The van der Waals surface area contributed by atoms with E-state index in [4.69, 9.17) is 5.73 Å². The van der Waals surface area contributed by atoms with Crippen molar-refractivity contribution in [3.05, 3.63) is 0 Å². The van der Waals surface area contributed by atoms with Crippen molar-refractivity contribution in [2.75, 3.05) is 0 Å². The highest BCUT2D eigenvalue weighted by atomic mass is 35.5. The average Bonchev–Trinajstić information content (AvgIpc) is 2.41. The van der Waals surface area contributed by atoms with Gasteiger partial charge in [0, 0.05) is 18.5 Å². The van der Waals surface area contributed by atoms with Crippen molar-refractivity contribution in [3.8, 4) is 0 Å². The second-order valence-electron chi connectivity index (χ2n) is 7.28. The molecular weight excluding hydrogens is 284 g/mol. The number of nitrogens with two attached hydrogens (primary N) is 1. The maximum absolute atomic E-state index is 12.3. The number of rotatable bonds is 4. The molecular formula is C17H33ClN2O. The Kier molecular flexibility index (Phi) is 8.04. The lowest BCUT2D eigenvalue weighted by molar-refractivity contribution is -0.123. The fourth-order valence-electron chi connectivity index (χ4n) is 4.13. The van der Waals surface area contributed by atoms with E-state index in [9.17, 15) is 4.79 Å². The Morgan fingerprint density at radius 3 is 2.38 bits per heavy atom. The molecule has 3 N–H and O–H groups in total. The molecule has 2 aliphatic carbocycles. The molecule has 4 unspecified atom stereocenters. The maximum atomic E-state index is 12.3. The summed E-state index contributed by atoms with van der Waals surface area (Å²) in [6, 6.07) is 0.637. The normalized spacial score (nSPS) is 33.3. The SMILES string of the molecule is CC(C)C1CCCCC1NC(=O)CC1CCCCC1N.Cl. The molecule has 0 aromatic carbocycles. The van der Waals surface area contributed by atoms with Crippen LogP contribution in [0, 0.1) is 17.8 Å². The van der Waals surface area contributed by atoms with E-state index in [1.807, 2.05) is 0 Å². The van der Waals surface area contributed by atoms with Crippen molar-refractivity contribution in [2.24, 2.45) is 23.5 Å². The largest absolute Gasteiger partial charge is 0.353 e. The van der Waals surface area contributed by atoms with E-state index in [1.165, 1.54) is 32.1 Å². The van der Waals surface area contributed by atoms with Gasteiger partial charge in [0.2, 0.25) is 5.91 Å². The molecule has 0 spiro atoms. The Morgan fingerprint density at radius 2 is 1.71 bits per heavy atom. The van der Waals surface area contributed by atoms with E-state index in [1.54, 1.807) is 0 Å². The van der Waals surface area contributed by atoms with Gasteiger partial charge in [-0.2, -0.15) is 0 Å². The van der Waals surface area contributed by atoms with Gasteiger partial charge in [-0.05, 0) is 43.4 Å². The average molecular weight is 317 g/mol. The standard InChI is InChI=1S/C17H32N2O.ClH/c1-12(2)14-8-4-6-10-16(14)19-17(20)11-13-7-3-5-9-15(13)18;/h12-16H,3-11,18H2,1-2H3,(H,19,20);1H. The second-order valence-corrected chi connectivity index (χ2v) is 7.28. The molecule has 0 bridgehead atoms. The van der Waals surface area contributed by atoms with E-state index in [0.29, 0.717) is 30.2 Å². The lowest BCUT2D eigenvalue weighted by Crippen LogP contribution is -2.45. The smallest absolute Gasteiger partial charge is 0.220 e. The van der Waals surface area contributed by atoms with Gasteiger partial charge in [-0.3, -0.25) is 4.79 Å². The summed E-state index contributed by atoms with van der Waals surface area (Å²) >= 11 is 0. The first-order chi connectivity index (χ1) is 9.58. The molecule has 0 aromatic heterocycles. The van der Waals surface area contributed by atoms with Crippen LogP contribution >= 0.6 is 12.4 Å². The molecule has 1 amide bonds. The minimum Gasteiger partial charge on any atom is -0.353 e. The fraction of sp³-hybridized carbons (Fsp3) is 0.941. The molecule has 4 atom stereocenters. The summed E-state index contributed by atoms with van der Waals surface area (Å²) in [4.78, 5) is 12.3. The van der Waals surface area contributed by atoms with Crippen LogP contribution in [-0.4, -0.2) is 18.0 Å². The molecule has 124 valence electrons. The lowest BCUT2D eigenvalue weighted by Gasteiger charge is -2.35. The van der Waals surface area contributed by atoms with Crippen LogP contribution in [0.5, 0.6) is 0 Å². The zero-order valence-electron chi connectivity index (χ0n) is 13.6. The minimum absolute atomic E-state index is 0. The first kappa shape index (κ1) is 18.8. The Bertz CT molecular complexity index is 322. The van der Waals surface area contributed by atoms with Gasteiger partial charge in [0.25, 0.3) is 0 Å². The van der Waals surface area contributed by atoms with Crippen LogP contribution in [0.1, 0.15) is 71.6 Å². The number of hydrogen-bond acceptors (Lipinski definition) is 2. The number of nitrogens with one attached hydrogen (secondary N) is 1. The van der Waals surface area contributed by atoms with Gasteiger partial charge in [0.1, 0.15) is 0 Å². The predicted molar refractivity (Wildman–Crippen MR) is 90.5 cm³/mol. The monoisotopic (exact) mass is 316 g/mol. The summed E-state index contributed by atoms with van der Waals surface area (Å²) in [5.74, 6) is 1.97. The van der Waals surface area contributed by atoms with Crippen LogP contribution in [-0.2, 0) is 4.79 Å². The van der Waals surface area contributed by atoms with Crippen LogP contribution in [0.3, 0.4) is 0 Å². The summed E-state index contributed by atoms with van der Waals surface area (Å²) in [5.41, 5.74) is 6.16. The van der Waals surface area contributed by atoms with Crippen molar-refractivity contribution in [1.29, 1.82) is 0 Å². The Labute approximate surface area is 136 Å². The summed E-state index contributed by atoms with van der Waals surface area (Å²) < 4.78 is 0. The van der Waals surface area contributed by atoms with Gasteiger partial charge in [-0.15, -0.1) is 12.4 Å². The van der Waals surface area contributed by atoms with Gasteiger partial charge in [0.05, 0.1) is 0 Å². The third-order valence-corrected chi connectivity index (χ3v) is 5.44. The minimum atomic E-state index is 0. The first-order valence-corrected chi connectivity index (χ1v) is 8.63. The van der Waals surface area contributed by atoms with Crippen molar-refractivity contribution in [3.63, 3.8) is 0 Å². The zero-order valence-corrected chi connectivity index (χ0v) is 14.5. The molecule has 0 saturated heterocycles. The third kappa shape index (κ3) is 5.45. The topological polar surface area (TPSA) is 55.1 Å². The number of amides is 1. The van der Waals surface area contributed by atoms with Gasteiger partial charge in [-0.25, -0.2) is 0 Å². The van der Waals surface area contributed by atoms with E-state index < -0.39 is 0 Å². The molecule has 0 heterocycles.